The van der Waals surface area contributed by atoms with Gasteiger partial charge in [-0.3, -0.25) is 0 Å². The Morgan fingerprint density at radius 2 is 1.71 bits per heavy atom. The van der Waals surface area contributed by atoms with Gasteiger partial charge in [-0.1, -0.05) is 41.9 Å². The fraction of sp³-hybridized carbons (Fsp3) is 0.130. The van der Waals surface area contributed by atoms with Gasteiger partial charge >= 0.3 is 6.61 Å². The average Bonchev–Trinajstić information content (AvgIpc) is 3.22. The first-order valence-corrected chi connectivity index (χ1v) is 10.3. The van der Waals surface area contributed by atoms with E-state index in [0.29, 0.717) is 16.7 Å². The van der Waals surface area contributed by atoms with Gasteiger partial charge in [0.15, 0.2) is 5.11 Å². The summed E-state index contributed by atoms with van der Waals surface area (Å²) in [6.07, 6.45) is 0. The van der Waals surface area contributed by atoms with Gasteiger partial charge in [-0.05, 0) is 71.9 Å². The van der Waals surface area contributed by atoms with Crippen LogP contribution in [0.3, 0.4) is 0 Å². The van der Waals surface area contributed by atoms with Crippen LogP contribution in [0.15, 0.2) is 84.0 Å². The van der Waals surface area contributed by atoms with Crippen molar-refractivity contribution >= 4 is 40.3 Å². The summed E-state index contributed by atoms with van der Waals surface area (Å²) in [5, 5.41) is 10.8. The molecule has 1 aliphatic heterocycles. The van der Waals surface area contributed by atoms with E-state index in [1.165, 1.54) is 12.1 Å². The minimum absolute atomic E-state index is 0.0342. The molecule has 0 saturated carbocycles. The number of hydrazone groups is 1. The second-order valence-corrected chi connectivity index (χ2v) is 7.69. The van der Waals surface area contributed by atoms with Gasteiger partial charge in [0.2, 0.25) is 0 Å². The number of rotatable bonds is 5. The molecule has 1 aliphatic rings. The van der Waals surface area contributed by atoms with Gasteiger partial charge in [0.05, 0.1) is 12.3 Å². The molecule has 0 fully saturated rings. The van der Waals surface area contributed by atoms with Crippen LogP contribution in [0.1, 0.15) is 17.0 Å². The molecule has 1 N–H and O–H groups in total. The molecule has 4 rings (SSSR count). The Balaban J connectivity index is 1.60. The van der Waals surface area contributed by atoms with Gasteiger partial charge in [0.1, 0.15) is 5.75 Å². The zero-order valence-electron chi connectivity index (χ0n) is 16.2. The zero-order valence-corrected chi connectivity index (χ0v) is 17.8. The number of thiocarbonyl (C=S) groups is 1. The molecule has 0 spiro atoms. The molecule has 0 bridgehead atoms. The number of nitrogens with zero attached hydrogens (tertiary/aromatic N) is 2. The molecule has 0 saturated heterocycles. The van der Waals surface area contributed by atoms with Crippen molar-refractivity contribution in [2.75, 3.05) is 11.9 Å². The van der Waals surface area contributed by atoms with Crippen LogP contribution in [0, 0.1) is 0 Å². The van der Waals surface area contributed by atoms with Crippen molar-refractivity contribution in [3.63, 3.8) is 0 Å². The Bertz CT molecular complexity index is 1080. The topological polar surface area (TPSA) is 36.9 Å². The molecule has 0 amide bonds. The zero-order chi connectivity index (χ0) is 21.8. The van der Waals surface area contributed by atoms with Gasteiger partial charge in [-0.15, -0.1) is 0 Å². The van der Waals surface area contributed by atoms with Crippen molar-refractivity contribution < 1.29 is 13.5 Å². The number of anilines is 1. The smallest absolute Gasteiger partial charge is 0.387 e. The van der Waals surface area contributed by atoms with E-state index in [1.807, 2.05) is 42.5 Å². The van der Waals surface area contributed by atoms with Gasteiger partial charge < -0.3 is 10.1 Å². The lowest BCUT2D eigenvalue weighted by molar-refractivity contribution is -0.0498. The van der Waals surface area contributed by atoms with Gasteiger partial charge in [-0.25, -0.2) is 5.01 Å². The monoisotopic (exact) mass is 457 g/mol. The Kier molecular flexibility index (Phi) is 6.44. The number of ether oxygens (including phenoxy) is 1. The van der Waals surface area contributed by atoms with Crippen LogP contribution >= 0.6 is 23.8 Å². The molecule has 3 aromatic carbocycles. The number of hydrogen-bond donors (Lipinski definition) is 1. The molecule has 158 valence electrons. The minimum atomic E-state index is -2.86. The van der Waals surface area contributed by atoms with Crippen LogP contribution in [-0.4, -0.2) is 29.0 Å². The van der Waals surface area contributed by atoms with Crippen LogP contribution in [0.25, 0.3) is 0 Å². The number of benzene rings is 3. The summed E-state index contributed by atoms with van der Waals surface area (Å²) >= 11 is 11.5. The highest BCUT2D eigenvalue weighted by atomic mass is 35.5. The largest absolute Gasteiger partial charge is 0.435 e. The number of halogens is 3. The first-order chi connectivity index (χ1) is 15.0. The lowest BCUT2D eigenvalue weighted by Gasteiger charge is -2.18. The number of hydrogen-bond acceptors (Lipinski definition) is 3. The van der Waals surface area contributed by atoms with E-state index in [0.717, 1.165) is 22.5 Å². The summed E-state index contributed by atoms with van der Waals surface area (Å²) in [5.74, 6) is 0.0680. The molecule has 0 radical (unpaired) electrons. The van der Waals surface area contributed by atoms with Crippen molar-refractivity contribution in [3.05, 3.63) is 95.0 Å². The molecule has 3 aromatic rings. The summed E-state index contributed by atoms with van der Waals surface area (Å²) in [4.78, 5) is 0. The number of nitrogens with one attached hydrogen (secondary N) is 1. The molecular formula is C23H18ClF2N3OS. The third kappa shape index (κ3) is 5.18. The van der Waals surface area contributed by atoms with Crippen molar-refractivity contribution in [1.29, 1.82) is 0 Å². The third-order valence-electron chi connectivity index (χ3n) is 4.82. The summed E-state index contributed by atoms with van der Waals surface area (Å²) in [6, 6.07) is 23.7. The van der Waals surface area contributed by atoms with Crippen LogP contribution < -0.4 is 10.1 Å². The molecule has 4 nitrogen and oxygen atoms in total. The van der Waals surface area contributed by atoms with Crippen LogP contribution in [0.4, 0.5) is 14.5 Å². The third-order valence-corrected chi connectivity index (χ3v) is 5.39. The van der Waals surface area contributed by atoms with E-state index in [4.69, 9.17) is 28.9 Å². The van der Waals surface area contributed by atoms with Crippen LogP contribution in [0.2, 0.25) is 5.02 Å². The maximum atomic E-state index is 12.5. The van der Waals surface area contributed by atoms with Crippen molar-refractivity contribution in [3.8, 4) is 5.75 Å². The van der Waals surface area contributed by atoms with E-state index in [1.54, 1.807) is 29.3 Å². The Morgan fingerprint density at radius 1 is 1.03 bits per heavy atom. The lowest BCUT2D eigenvalue weighted by Crippen LogP contribution is -2.29. The van der Waals surface area contributed by atoms with Crippen molar-refractivity contribution in [2.24, 2.45) is 5.10 Å². The fourth-order valence-corrected chi connectivity index (χ4v) is 3.72. The van der Waals surface area contributed by atoms with Gasteiger partial charge in [-0.2, -0.15) is 13.9 Å². The Labute approximate surface area is 189 Å². The van der Waals surface area contributed by atoms with Gasteiger partial charge in [0.25, 0.3) is 0 Å². The van der Waals surface area contributed by atoms with E-state index in [9.17, 15) is 8.78 Å². The highest BCUT2D eigenvalue weighted by Gasteiger charge is 2.31. The predicted molar refractivity (Wildman–Crippen MR) is 123 cm³/mol. The van der Waals surface area contributed by atoms with Crippen LogP contribution in [-0.2, 0) is 0 Å². The standard InChI is InChI=1S/C23H18ClF2N3OS/c24-17-8-10-18(11-9-17)27-23(31)29-14-20(15-4-2-1-3-5-15)21(28-29)16-6-12-19(13-7-16)30-22(25)26/h1-13,20,22H,14H2,(H,27,31). The molecular weight excluding hydrogens is 440 g/mol. The molecule has 0 aromatic heterocycles. The predicted octanol–water partition coefficient (Wildman–Crippen LogP) is 6.14. The van der Waals surface area contributed by atoms with Gasteiger partial charge in [0, 0.05) is 16.6 Å². The number of alkyl halides is 2. The highest BCUT2D eigenvalue weighted by Crippen LogP contribution is 2.30. The molecule has 1 atom stereocenters. The first-order valence-electron chi connectivity index (χ1n) is 9.52. The second-order valence-electron chi connectivity index (χ2n) is 6.87. The molecule has 8 heteroatoms. The van der Waals surface area contributed by atoms with E-state index >= 15 is 0 Å². The second kappa shape index (κ2) is 9.41. The summed E-state index contributed by atoms with van der Waals surface area (Å²) < 4.78 is 29.4. The summed E-state index contributed by atoms with van der Waals surface area (Å²) in [7, 11) is 0. The lowest BCUT2D eigenvalue weighted by atomic mass is 9.90. The van der Waals surface area contributed by atoms with E-state index in [-0.39, 0.29) is 11.7 Å². The summed E-state index contributed by atoms with van der Waals surface area (Å²) in [5.41, 5.74) is 3.51. The molecule has 1 heterocycles. The Morgan fingerprint density at radius 3 is 2.35 bits per heavy atom. The highest BCUT2D eigenvalue weighted by molar-refractivity contribution is 7.80. The SMILES string of the molecule is FC(F)Oc1ccc(C2=NN(C(=S)Nc3ccc(Cl)cc3)CC2c2ccccc2)cc1. The molecule has 0 aliphatic carbocycles. The maximum Gasteiger partial charge on any atom is 0.387 e. The quantitative estimate of drug-likeness (QED) is 0.467. The van der Waals surface area contributed by atoms with Crippen molar-refractivity contribution in [2.45, 2.75) is 12.5 Å². The first kappa shape index (κ1) is 21.2. The normalized spacial score (nSPS) is 15.7. The fourth-order valence-electron chi connectivity index (χ4n) is 3.36. The average molecular weight is 458 g/mol. The maximum absolute atomic E-state index is 12.5. The Hall–Kier alpha value is -3.03. The van der Waals surface area contributed by atoms with E-state index in [2.05, 4.69) is 10.1 Å². The van der Waals surface area contributed by atoms with Crippen LogP contribution in [0.5, 0.6) is 5.75 Å². The molecule has 31 heavy (non-hydrogen) atoms. The van der Waals surface area contributed by atoms with Crippen molar-refractivity contribution in [1.82, 2.24) is 5.01 Å². The molecule has 1 unspecified atom stereocenters. The summed E-state index contributed by atoms with van der Waals surface area (Å²) in [6.45, 7) is -2.31. The van der Waals surface area contributed by atoms with E-state index < -0.39 is 6.61 Å². The minimum Gasteiger partial charge on any atom is -0.435 e.